The smallest absolute Gasteiger partial charge is 0.216 e. The standard InChI is InChI=1S/C44H36O4/c45-24-26-47-44(48-27-25-46)23-20-36-30-43(37-18-16-31-8-1-3-11-34(31)28-37,38-19-17-32-9-2-4-12-35(32)29-38)22-21-40(36)42(44)41-15-7-13-33-10-5-6-14-39(33)41/h1-23,28-30,45-46H,24-27H2. The van der Waals surface area contributed by atoms with Crippen molar-refractivity contribution in [3.05, 3.63) is 186 Å². The van der Waals surface area contributed by atoms with Gasteiger partial charge in [0.2, 0.25) is 5.79 Å². The van der Waals surface area contributed by atoms with Gasteiger partial charge in [-0.05, 0) is 78.4 Å². The lowest BCUT2D eigenvalue weighted by molar-refractivity contribution is -0.173. The lowest BCUT2D eigenvalue weighted by atomic mass is 9.67. The predicted octanol–water partition coefficient (Wildman–Crippen LogP) is 8.67. The predicted molar refractivity (Wildman–Crippen MR) is 195 cm³/mol. The van der Waals surface area contributed by atoms with Crippen molar-refractivity contribution in [3.8, 4) is 0 Å². The van der Waals surface area contributed by atoms with Gasteiger partial charge in [-0.15, -0.1) is 0 Å². The topological polar surface area (TPSA) is 58.9 Å². The molecule has 48 heavy (non-hydrogen) atoms. The van der Waals surface area contributed by atoms with Crippen molar-refractivity contribution >= 4 is 37.9 Å². The molecular formula is C44H36O4. The average molecular weight is 629 g/mol. The van der Waals surface area contributed by atoms with Crippen molar-refractivity contribution in [1.82, 2.24) is 0 Å². The zero-order valence-corrected chi connectivity index (χ0v) is 26.6. The summed E-state index contributed by atoms with van der Waals surface area (Å²) in [4.78, 5) is 0. The van der Waals surface area contributed by atoms with Crippen molar-refractivity contribution in [3.63, 3.8) is 0 Å². The zero-order chi connectivity index (χ0) is 32.6. The van der Waals surface area contributed by atoms with E-state index in [4.69, 9.17) is 9.47 Å². The van der Waals surface area contributed by atoms with Crippen LogP contribution in [-0.4, -0.2) is 42.4 Å². The molecule has 4 heteroatoms. The van der Waals surface area contributed by atoms with E-state index in [0.717, 1.165) is 33.1 Å². The lowest BCUT2D eigenvalue weighted by Gasteiger charge is -2.40. The first-order valence-corrected chi connectivity index (χ1v) is 16.5. The Labute approximate surface area is 280 Å². The average Bonchev–Trinajstić information content (AvgIpc) is 3.15. The number of rotatable bonds is 9. The minimum atomic E-state index is -1.32. The normalized spacial score (nSPS) is 16.4. The number of allylic oxidation sites excluding steroid dienone is 6. The van der Waals surface area contributed by atoms with Crippen molar-refractivity contribution in [1.29, 1.82) is 0 Å². The third-order valence-electron chi connectivity index (χ3n) is 9.64. The fraction of sp³-hybridized carbons (Fsp3) is 0.136. The molecule has 0 aromatic heterocycles. The molecule has 2 aliphatic rings. The second-order valence-corrected chi connectivity index (χ2v) is 12.4. The Morgan fingerprint density at radius 3 is 1.71 bits per heavy atom. The number of benzene rings is 6. The Hall–Kier alpha value is -5.10. The fourth-order valence-corrected chi connectivity index (χ4v) is 7.39. The molecule has 6 aromatic carbocycles. The van der Waals surface area contributed by atoms with Gasteiger partial charge in [0.25, 0.3) is 0 Å². The van der Waals surface area contributed by atoms with Crippen molar-refractivity contribution in [2.24, 2.45) is 0 Å². The van der Waals surface area contributed by atoms with Crippen LogP contribution in [-0.2, 0) is 14.9 Å². The van der Waals surface area contributed by atoms with Crippen molar-refractivity contribution < 1.29 is 19.7 Å². The van der Waals surface area contributed by atoms with E-state index in [0.29, 0.717) is 0 Å². The van der Waals surface area contributed by atoms with Crippen LogP contribution < -0.4 is 0 Å². The summed E-state index contributed by atoms with van der Waals surface area (Å²) in [5.41, 5.74) is 5.60. The Morgan fingerprint density at radius 2 is 1.08 bits per heavy atom. The van der Waals surface area contributed by atoms with Crippen LogP contribution in [0.1, 0.15) is 16.7 Å². The summed E-state index contributed by atoms with van der Waals surface area (Å²) in [6.45, 7) is -0.194. The summed E-state index contributed by atoms with van der Waals surface area (Å²) in [6, 6.07) is 45.0. The molecule has 2 aliphatic carbocycles. The maximum atomic E-state index is 9.87. The first-order chi connectivity index (χ1) is 23.6. The first kappa shape index (κ1) is 30.2. The Kier molecular flexibility index (Phi) is 7.87. The molecule has 0 radical (unpaired) electrons. The number of hydrogen-bond acceptors (Lipinski definition) is 4. The zero-order valence-electron chi connectivity index (χ0n) is 26.6. The summed E-state index contributed by atoms with van der Waals surface area (Å²) in [6.07, 6.45) is 10.9. The molecule has 0 saturated heterocycles. The van der Waals surface area contributed by atoms with Crippen molar-refractivity contribution in [2.75, 3.05) is 26.4 Å². The molecule has 6 aromatic rings. The highest BCUT2D eigenvalue weighted by Gasteiger charge is 2.43. The van der Waals surface area contributed by atoms with Crippen LogP contribution in [0.2, 0.25) is 0 Å². The lowest BCUT2D eigenvalue weighted by Crippen LogP contribution is -2.40. The van der Waals surface area contributed by atoms with E-state index >= 15 is 0 Å². The van der Waals surface area contributed by atoms with Gasteiger partial charge < -0.3 is 19.7 Å². The second kappa shape index (κ2) is 12.5. The molecule has 8 rings (SSSR count). The minimum Gasteiger partial charge on any atom is -0.394 e. The Bertz CT molecular complexity index is 2200. The third-order valence-corrected chi connectivity index (χ3v) is 9.64. The molecule has 0 unspecified atom stereocenters. The van der Waals surface area contributed by atoms with Gasteiger partial charge in [-0.25, -0.2) is 0 Å². The molecule has 0 heterocycles. The molecule has 0 amide bonds. The summed E-state index contributed by atoms with van der Waals surface area (Å²) in [5.74, 6) is -1.32. The van der Waals surface area contributed by atoms with Gasteiger partial charge in [0.1, 0.15) is 0 Å². The molecule has 0 atom stereocenters. The van der Waals surface area contributed by atoms with E-state index < -0.39 is 11.2 Å². The molecule has 0 fully saturated rings. The van der Waals surface area contributed by atoms with Crippen LogP contribution >= 0.6 is 0 Å². The Morgan fingerprint density at radius 1 is 0.521 bits per heavy atom. The van der Waals surface area contributed by atoms with Gasteiger partial charge in [0.05, 0.1) is 31.8 Å². The monoisotopic (exact) mass is 628 g/mol. The Balaban J connectivity index is 1.40. The number of aliphatic hydroxyl groups is 2. The fourth-order valence-electron chi connectivity index (χ4n) is 7.39. The molecule has 0 aliphatic heterocycles. The number of fused-ring (bicyclic) bond motifs is 4. The van der Waals surface area contributed by atoms with Crippen LogP contribution in [0.5, 0.6) is 0 Å². The highest BCUT2D eigenvalue weighted by atomic mass is 16.7. The SMILES string of the molecule is OCCOC1(OCCO)C=CC2=CC(c3ccc4ccccc4c3)(c3ccc4ccccc4c3)C=CC2=C1c1cccc2ccccc12. The number of ether oxygens (including phenoxy) is 2. The van der Waals surface area contributed by atoms with E-state index in [1.54, 1.807) is 0 Å². The van der Waals surface area contributed by atoms with Crippen molar-refractivity contribution in [2.45, 2.75) is 11.2 Å². The highest BCUT2D eigenvalue weighted by Crippen LogP contribution is 2.50. The van der Waals surface area contributed by atoms with E-state index in [2.05, 4.69) is 140 Å². The molecule has 2 N–H and O–H groups in total. The summed E-state index contributed by atoms with van der Waals surface area (Å²) < 4.78 is 12.8. The van der Waals surface area contributed by atoms with Crippen LogP contribution in [0.3, 0.4) is 0 Å². The number of aliphatic hydroxyl groups excluding tert-OH is 2. The molecular weight excluding hydrogens is 592 g/mol. The molecule has 236 valence electrons. The van der Waals surface area contributed by atoms with Gasteiger partial charge in [0.15, 0.2) is 0 Å². The minimum absolute atomic E-state index is 0.0677. The molecule has 0 saturated carbocycles. The van der Waals surface area contributed by atoms with Gasteiger partial charge in [-0.1, -0.05) is 140 Å². The molecule has 0 spiro atoms. The van der Waals surface area contributed by atoms with Crippen LogP contribution in [0.4, 0.5) is 0 Å². The van der Waals surface area contributed by atoms with E-state index in [1.165, 1.54) is 32.7 Å². The number of hydrogen-bond donors (Lipinski definition) is 2. The summed E-state index contributed by atoms with van der Waals surface area (Å²) in [5, 5.41) is 26.7. The maximum Gasteiger partial charge on any atom is 0.216 e. The van der Waals surface area contributed by atoms with Crippen LogP contribution in [0.15, 0.2) is 169 Å². The largest absolute Gasteiger partial charge is 0.394 e. The van der Waals surface area contributed by atoms with Gasteiger partial charge in [0, 0.05) is 5.57 Å². The first-order valence-electron chi connectivity index (χ1n) is 16.5. The van der Waals surface area contributed by atoms with E-state index in [1.807, 2.05) is 18.2 Å². The van der Waals surface area contributed by atoms with Crippen LogP contribution in [0.25, 0.3) is 37.9 Å². The van der Waals surface area contributed by atoms with Gasteiger partial charge >= 0.3 is 0 Å². The second-order valence-electron chi connectivity index (χ2n) is 12.4. The molecule has 0 bridgehead atoms. The van der Waals surface area contributed by atoms with Crippen LogP contribution in [0, 0.1) is 0 Å². The summed E-state index contributed by atoms with van der Waals surface area (Å²) >= 11 is 0. The van der Waals surface area contributed by atoms with E-state index in [-0.39, 0.29) is 26.4 Å². The molecule has 4 nitrogen and oxygen atoms in total. The summed E-state index contributed by atoms with van der Waals surface area (Å²) in [7, 11) is 0. The quantitative estimate of drug-likeness (QED) is 0.157. The maximum absolute atomic E-state index is 9.87. The van der Waals surface area contributed by atoms with Gasteiger partial charge in [-0.3, -0.25) is 0 Å². The highest BCUT2D eigenvalue weighted by molar-refractivity contribution is 5.99. The third kappa shape index (κ3) is 5.11. The van der Waals surface area contributed by atoms with E-state index in [9.17, 15) is 10.2 Å². The van der Waals surface area contributed by atoms with Gasteiger partial charge in [-0.2, -0.15) is 0 Å².